The zero-order valence-corrected chi connectivity index (χ0v) is 17.9. The van der Waals surface area contributed by atoms with Gasteiger partial charge in [-0.1, -0.05) is 48.2 Å². The highest BCUT2D eigenvalue weighted by Crippen LogP contribution is 2.17. The summed E-state index contributed by atoms with van der Waals surface area (Å²) >= 11 is 1.13. The van der Waals surface area contributed by atoms with Gasteiger partial charge < -0.3 is 15.4 Å². The van der Waals surface area contributed by atoms with Crippen LogP contribution in [-0.2, 0) is 18.4 Å². The van der Waals surface area contributed by atoms with Crippen molar-refractivity contribution in [2.24, 2.45) is 7.05 Å². The van der Waals surface area contributed by atoms with Crippen LogP contribution in [0.15, 0.2) is 70.7 Å². The number of ether oxygens (including phenoxy) is 1. The molecule has 8 nitrogen and oxygen atoms in total. The monoisotopic (exact) mass is 438 g/mol. The van der Waals surface area contributed by atoms with Crippen LogP contribution in [0.2, 0.25) is 0 Å². The minimum absolute atomic E-state index is 0.0943. The van der Waals surface area contributed by atoms with Gasteiger partial charge in [0.2, 0.25) is 5.91 Å². The molecule has 2 amide bonds. The van der Waals surface area contributed by atoms with Crippen LogP contribution in [-0.4, -0.2) is 34.2 Å². The van der Waals surface area contributed by atoms with Gasteiger partial charge in [-0.25, -0.2) is 4.98 Å². The lowest BCUT2D eigenvalue weighted by Gasteiger charge is -2.10. The SMILES string of the molecule is COc1cccc(NC(=O)c2cnc(SCC(=O)NCc3ccccc3)n(C)c2=O)c1. The molecule has 3 rings (SSSR count). The van der Waals surface area contributed by atoms with E-state index in [9.17, 15) is 14.4 Å². The predicted octanol–water partition coefficient (Wildman–Crippen LogP) is 2.45. The summed E-state index contributed by atoms with van der Waals surface area (Å²) in [6.07, 6.45) is 1.22. The zero-order valence-electron chi connectivity index (χ0n) is 17.1. The number of methoxy groups -OCH3 is 1. The molecule has 0 aliphatic carbocycles. The molecule has 0 fully saturated rings. The van der Waals surface area contributed by atoms with Gasteiger partial charge in [0, 0.05) is 31.5 Å². The molecule has 0 bridgehead atoms. The Morgan fingerprint density at radius 3 is 2.65 bits per heavy atom. The molecule has 2 N–H and O–H groups in total. The molecule has 1 aromatic heterocycles. The number of hydrogen-bond acceptors (Lipinski definition) is 6. The van der Waals surface area contributed by atoms with E-state index in [1.807, 2.05) is 30.3 Å². The quantitative estimate of drug-likeness (QED) is 0.414. The number of carbonyl (C=O) groups excluding carboxylic acids is 2. The Bertz CT molecular complexity index is 1130. The fourth-order valence-electron chi connectivity index (χ4n) is 2.70. The van der Waals surface area contributed by atoms with E-state index in [2.05, 4.69) is 15.6 Å². The second-order valence-corrected chi connectivity index (χ2v) is 7.50. The molecule has 3 aromatic rings. The van der Waals surface area contributed by atoms with E-state index in [1.165, 1.54) is 24.9 Å². The molecular weight excluding hydrogens is 416 g/mol. The Balaban J connectivity index is 1.61. The lowest BCUT2D eigenvalue weighted by Crippen LogP contribution is -2.30. The fourth-order valence-corrected chi connectivity index (χ4v) is 3.46. The highest BCUT2D eigenvalue weighted by atomic mass is 32.2. The summed E-state index contributed by atoms with van der Waals surface area (Å²) in [5.74, 6) is -0.0646. The van der Waals surface area contributed by atoms with E-state index in [4.69, 9.17) is 4.74 Å². The molecular formula is C22H22N4O4S. The van der Waals surface area contributed by atoms with Crippen LogP contribution in [0.25, 0.3) is 0 Å². The Kier molecular flexibility index (Phi) is 7.45. The van der Waals surface area contributed by atoms with Crippen LogP contribution in [0.1, 0.15) is 15.9 Å². The molecule has 0 unspecified atom stereocenters. The summed E-state index contributed by atoms with van der Waals surface area (Å²) in [7, 11) is 3.04. The summed E-state index contributed by atoms with van der Waals surface area (Å²) in [4.78, 5) is 41.4. The average molecular weight is 439 g/mol. The van der Waals surface area contributed by atoms with Crippen LogP contribution in [0.5, 0.6) is 5.75 Å². The molecule has 9 heteroatoms. The molecule has 2 aromatic carbocycles. The lowest BCUT2D eigenvalue weighted by atomic mass is 10.2. The van der Waals surface area contributed by atoms with Crippen LogP contribution < -0.4 is 20.9 Å². The Labute approximate surface area is 183 Å². The van der Waals surface area contributed by atoms with E-state index < -0.39 is 11.5 Å². The smallest absolute Gasteiger partial charge is 0.266 e. The van der Waals surface area contributed by atoms with Gasteiger partial charge in [-0.15, -0.1) is 0 Å². The number of amides is 2. The zero-order chi connectivity index (χ0) is 22.2. The largest absolute Gasteiger partial charge is 0.497 e. The van der Waals surface area contributed by atoms with Crippen molar-refractivity contribution in [3.8, 4) is 5.75 Å². The van der Waals surface area contributed by atoms with Crippen molar-refractivity contribution in [2.45, 2.75) is 11.7 Å². The van der Waals surface area contributed by atoms with Gasteiger partial charge in [-0.3, -0.25) is 19.0 Å². The van der Waals surface area contributed by atoms with E-state index in [0.29, 0.717) is 23.1 Å². The predicted molar refractivity (Wildman–Crippen MR) is 119 cm³/mol. The molecule has 0 radical (unpaired) electrons. The molecule has 0 saturated heterocycles. The Hall–Kier alpha value is -3.59. The molecule has 0 atom stereocenters. The molecule has 160 valence electrons. The summed E-state index contributed by atoms with van der Waals surface area (Å²) < 4.78 is 6.38. The third kappa shape index (κ3) is 5.95. The van der Waals surface area contributed by atoms with Gasteiger partial charge in [0.15, 0.2) is 5.16 Å². The summed E-state index contributed by atoms with van der Waals surface area (Å²) in [5, 5.41) is 5.83. The second kappa shape index (κ2) is 10.4. The number of nitrogens with zero attached hydrogens (tertiary/aromatic N) is 2. The molecule has 0 aliphatic heterocycles. The maximum Gasteiger partial charge on any atom is 0.266 e. The van der Waals surface area contributed by atoms with Crippen molar-refractivity contribution in [1.82, 2.24) is 14.9 Å². The van der Waals surface area contributed by atoms with Gasteiger partial charge >= 0.3 is 0 Å². The topological polar surface area (TPSA) is 102 Å². The van der Waals surface area contributed by atoms with Crippen molar-refractivity contribution < 1.29 is 14.3 Å². The summed E-state index contributed by atoms with van der Waals surface area (Å²) in [6, 6.07) is 16.4. The highest BCUT2D eigenvalue weighted by Gasteiger charge is 2.16. The lowest BCUT2D eigenvalue weighted by molar-refractivity contribution is -0.118. The molecule has 31 heavy (non-hydrogen) atoms. The van der Waals surface area contributed by atoms with Gasteiger partial charge in [0.25, 0.3) is 11.5 Å². The van der Waals surface area contributed by atoms with E-state index >= 15 is 0 Å². The highest BCUT2D eigenvalue weighted by molar-refractivity contribution is 7.99. The third-order valence-electron chi connectivity index (χ3n) is 4.36. The van der Waals surface area contributed by atoms with E-state index in [-0.39, 0.29) is 17.2 Å². The maximum atomic E-state index is 12.6. The summed E-state index contributed by atoms with van der Waals surface area (Å²) in [6.45, 7) is 0.427. The number of carbonyl (C=O) groups is 2. The number of thioether (sulfide) groups is 1. The van der Waals surface area contributed by atoms with Crippen molar-refractivity contribution >= 4 is 29.3 Å². The Morgan fingerprint density at radius 2 is 1.90 bits per heavy atom. The van der Waals surface area contributed by atoms with Crippen molar-refractivity contribution in [3.63, 3.8) is 0 Å². The number of anilines is 1. The standard InChI is InChI=1S/C22H22N4O4S/c1-26-21(29)18(20(28)25-16-9-6-10-17(11-16)30-2)13-24-22(26)31-14-19(27)23-12-15-7-4-3-5-8-15/h3-11,13H,12,14H2,1-2H3,(H,23,27)(H,25,28). The first kappa shape index (κ1) is 22.1. The van der Waals surface area contributed by atoms with Crippen molar-refractivity contribution in [3.05, 3.63) is 82.3 Å². The number of nitrogens with one attached hydrogen (secondary N) is 2. The van der Waals surface area contributed by atoms with Gasteiger partial charge in [0.05, 0.1) is 12.9 Å². The second-order valence-electron chi connectivity index (χ2n) is 6.56. The molecule has 0 aliphatic rings. The van der Waals surface area contributed by atoms with Crippen LogP contribution >= 0.6 is 11.8 Å². The van der Waals surface area contributed by atoms with Gasteiger partial charge in [0.1, 0.15) is 11.3 Å². The van der Waals surface area contributed by atoms with Crippen LogP contribution in [0, 0.1) is 0 Å². The minimum Gasteiger partial charge on any atom is -0.497 e. The first-order valence-corrected chi connectivity index (χ1v) is 10.4. The minimum atomic E-state index is -0.571. The fraction of sp³-hybridized carbons (Fsp3) is 0.182. The molecule has 1 heterocycles. The normalized spacial score (nSPS) is 10.4. The van der Waals surface area contributed by atoms with Crippen molar-refractivity contribution in [1.29, 1.82) is 0 Å². The average Bonchev–Trinajstić information content (AvgIpc) is 2.79. The molecule has 0 spiro atoms. The van der Waals surface area contributed by atoms with E-state index in [0.717, 1.165) is 17.3 Å². The van der Waals surface area contributed by atoms with Crippen LogP contribution in [0.3, 0.4) is 0 Å². The number of benzene rings is 2. The van der Waals surface area contributed by atoms with Gasteiger partial charge in [-0.05, 0) is 17.7 Å². The van der Waals surface area contributed by atoms with E-state index in [1.54, 1.807) is 24.3 Å². The first-order chi connectivity index (χ1) is 15.0. The summed E-state index contributed by atoms with van der Waals surface area (Å²) in [5.41, 5.74) is 0.906. The first-order valence-electron chi connectivity index (χ1n) is 9.43. The molecule has 0 saturated carbocycles. The number of rotatable bonds is 8. The van der Waals surface area contributed by atoms with Gasteiger partial charge in [-0.2, -0.15) is 0 Å². The number of hydrogen-bond donors (Lipinski definition) is 2. The Morgan fingerprint density at radius 1 is 1.13 bits per heavy atom. The van der Waals surface area contributed by atoms with Crippen molar-refractivity contribution in [2.75, 3.05) is 18.2 Å². The number of aromatic nitrogens is 2. The third-order valence-corrected chi connectivity index (χ3v) is 5.41. The van der Waals surface area contributed by atoms with Crippen LogP contribution in [0.4, 0.5) is 5.69 Å². The maximum absolute atomic E-state index is 12.6.